The van der Waals surface area contributed by atoms with Gasteiger partial charge in [-0.2, -0.15) is 0 Å². The molecular weight excluding hydrogens is 367 g/mol. The number of carbonyl (C=O) groups excluding carboxylic acids is 1. The molecule has 4 nitrogen and oxygen atoms in total. The van der Waals surface area contributed by atoms with Crippen LogP contribution in [0.25, 0.3) is 5.57 Å². The molecule has 29 heavy (non-hydrogen) atoms. The first-order chi connectivity index (χ1) is 14.0. The van der Waals surface area contributed by atoms with E-state index in [-0.39, 0.29) is 30.9 Å². The zero-order valence-electron chi connectivity index (χ0n) is 16.8. The third-order valence-corrected chi connectivity index (χ3v) is 5.06. The fourth-order valence-corrected chi connectivity index (χ4v) is 3.48. The van der Waals surface area contributed by atoms with Gasteiger partial charge in [0, 0.05) is 24.5 Å². The maximum absolute atomic E-state index is 14.2. The Hall–Kier alpha value is -3.05. The fourth-order valence-electron chi connectivity index (χ4n) is 3.48. The minimum Gasteiger partial charge on any atom is -0.369 e. The zero-order valence-corrected chi connectivity index (χ0v) is 16.8. The molecule has 3 rings (SSSR count). The van der Waals surface area contributed by atoms with Crippen LogP contribution in [0, 0.1) is 12.7 Å². The molecule has 1 heterocycles. The highest BCUT2D eigenvalue weighted by molar-refractivity contribution is 5.94. The lowest BCUT2D eigenvalue weighted by Gasteiger charge is -2.37. The largest absolute Gasteiger partial charge is 0.369 e. The van der Waals surface area contributed by atoms with E-state index in [9.17, 15) is 9.18 Å². The second-order valence-electron chi connectivity index (χ2n) is 7.05. The number of halogens is 1. The molecule has 1 amide bonds. The van der Waals surface area contributed by atoms with Crippen LogP contribution in [0.3, 0.4) is 0 Å². The standard InChI is InChI=1S/C24H25FN2O2/c1-4-26-13-21(18(3)19-10-7-8-17(2)12-19)23-15-29-16-24(28)27(23)14-20-9-5-6-11-22(20)25/h4-13,23H,1,14-16H2,2-3H3/b21-18-,26-13?. The highest BCUT2D eigenvalue weighted by Gasteiger charge is 2.32. The molecule has 1 fully saturated rings. The summed E-state index contributed by atoms with van der Waals surface area (Å²) in [7, 11) is 0. The van der Waals surface area contributed by atoms with Crippen molar-refractivity contribution in [1.29, 1.82) is 0 Å². The van der Waals surface area contributed by atoms with Crippen molar-refractivity contribution in [2.45, 2.75) is 26.4 Å². The van der Waals surface area contributed by atoms with Gasteiger partial charge in [0.05, 0.1) is 12.6 Å². The smallest absolute Gasteiger partial charge is 0.249 e. The van der Waals surface area contributed by atoms with Crippen LogP contribution in [-0.2, 0) is 16.1 Å². The Balaban J connectivity index is 2.05. The Morgan fingerprint density at radius 3 is 2.83 bits per heavy atom. The molecule has 0 radical (unpaired) electrons. The van der Waals surface area contributed by atoms with Gasteiger partial charge in [0.2, 0.25) is 5.91 Å². The van der Waals surface area contributed by atoms with Crippen molar-refractivity contribution in [2.75, 3.05) is 13.2 Å². The normalized spacial score (nSPS) is 18.1. The molecule has 0 aliphatic carbocycles. The Morgan fingerprint density at radius 2 is 2.10 bits per heavy atom. The van der Waals surface area contributed by atoms with Crippen LogP contribution >= 0.6 is 0 Å². The Morgan fingerprint density at radius 1 is 1.31 bits per heavy atom. The first-order valence-corrected chi connectivity index (χ1v) is 9.53. The topological polar surface area (TPSA) is 41.9 Å². The van der Waals surface area contributed by atoms with Gasteiger partial charge in [0.1, 0.15) is 12.4 Å². The number of hydrogen-bond donors (Lipinski definition) is 0. The second kappa shape index (κ2) is 9.43. The lowest BCUT2D eigenvalue weighted by molar-refractivity contribution is -0.147. The SMILES string of the molecule is C=CN=C/C(=C(\C)c1cccc(C)c1)C1COCC(=O)N1Cc1ccccc1F. The van der Waals surface area contributed by atoms with Crippen molar-refractivity contribution >= 4 is 17.7 Å². The minimum atomic E-state index is -0.375. The van der Waals surface area contributed by atoms with Gasteiger partial charge >= 0.3 is 0 Å². The summed E-state index contributed by atoms with van der Waals surface area (Å²) in [5.74, 6) is -0.503. The minimum absolute atomic E-state index is 0.0136. The van der Waals surface area contributed by atoms with Crippen molar-refractivity contribution in [3.8, 4) is 0 Å². The summed E-state index contributed by atoms with van der Waals surface area (Å²) >= 11 is 0. The number of ether oxygens (including phenoxy) is 1. The number of allylic oxidation sites excluding steroid dienone is 1. The van der Waals surface area contributed by atoms with E-state index in [0.717, 1.165) is 22.3 Å². The van der Waals surface area contributed by atoms with E-state index in [1.807, 2.05) is 32.0 Å². The molecule has 2 aromatic rings. The molecule has 5 heteroatoms. The summed E-state index contributed by atoms with van der Waals surface area (Å²) < 4.78 is 19.8. The molecule has 1 aliphatic rings. The molecule has 1 aliphatic heterocycles. The van der Waals surface area contributed by atoms with Gasteiger partial charge in [-0.25, -0.2) is 4.39 Å². The molecule has 150 valence electrons. The van der Waals surface area contributed by atoms with Crippen LogP contribution in [-0.4, -0.2) is 36.3 Å². The van der Waals surface area contributed by atoms with E-state index >= 15 is 0 Å². The van der Waals surface area contributed by atoms with Crippen molar-refractivity contribution in [3.63, 3.8) is 0 Å². The number of aliphatic imine (C=N–C) groups is 1. The predicted octanol–water partition coefficient (Wildman–Crippen LogP) is 4.55. The number of carbonyl (C=O) groups is 1. The van der Waals surface area contributed by atoms with E-state index in [1.165, 1.54) is 12.3 Å². The third-order valence-electron chi connectivity index (χ3n) is 5.06. The molecule has 1 atom stereocenters. The molecule has 0 aromatic heterocycles. The third kappa shape index (κ3) is 4.87. The number of nitrogens with zero attached hydrogens (tertiary/aromatic N) is 2. The monoisotopic (exact) mass is 392 g/mol. The summed E-state index contributed by atoms with van der Waals surface area (Å²) in [6, 6.07) is 14.3. The summed E-state index contributed by atoms with van der Waals surface area (Å²) in [5, 5.41) is 0. The Kier molecular flexibility index (Phi) is 6.73. The first-order valence-electron chi connectivity index (χ1n) is 9.53. The average molecular weight is 392 g/mol. The molecule has 0 saturated carbocycles. The lowest BCUT2D eigenvalue weighted by Crippen LogP contribution is -2.50. The van der Waals surface area contributed by atoms with Crippen molar-refractivity contribution < 1.29 is 13.9 Å². The van der Waals surface area contributed by atoms with Crippen LogP contribution in [0.5, 0.6) is 0 Å². The molecule has 0 spiro atoms. The number of aryl methyl sites for hydroxylation is 1. The lowest BCUT2D eigenvalue weighted by atomic mass is 9.94. The van der Waals surface area contributed by atoms with Crippen LogP contribution in [0.15, 0.2) is 71.9 Å². The number of hydrogen-bond acceptors (Lipinski definition) is 3. The van der Waals surface area contributed by atoms with E-state index in [4.69, 9.17) is 4.74 Å². The first kappa shape index (κ1) is 20.7. The number of amides is 1. The van der Waals surface area contributed by atoms with E-state index in [2.05, 4.69) is 17.6 Å². The Labute approximate surface area is 171 Å². The summed E-state index contributed by atoms with van der Waals surface area (Å²) in [4.78, 5) is 18.6. The van der Waals surface area contributed by atoms with E-state index < -0.39 is 0 Å². The molecule has 1 unspecified atom stereocenters. The van der Waals surface area contributed by atoms with Crippen LogP contribution in [0.1, 0.15) is 23.6 Å². The van der Waals surface area contributed by atoms with Crippen molar-refractivity contribution in [2.24, 2.45) is 4.99 Å². The highest BCUT2D eigenvalue weighted by atomic mass is 19.1. The van der Waals surface area contributed by atoms with Gasteiger partial charge in [-0.1, -0.05) is 54.6 Å². The van der Waals surface area contributed by atoms with Gasteiger partial charge in [-0.15, -0.1) is 0 Å². The predicted molar refractivity (Wildman–Crippen MR) is 114 cm³/mol. The summed E-state index contributed by atoms with van der Waals surface area (Å²) in [5.41, 5.74) is 4.49. The summed E-state index contributed by atoms with van der Waals surface area (Å²) in [6.07, 6.45) is 3.17. The van der Waals surface area contributed by atoms with Gasteiger partial charge in [-0.3, -0.25) is 9.79 Å². The van der Waals surface area contributed by atoms with E-state index in [1.54, 1.807) is 29.3 Å². The molecule has 2 aromatic carbocycles. The molecule has 1 saturated heterocycles. The van der Waals surface area contributed by atoms with Crippen LogP contribution in [0.2, 0.25) is 0 Å². The summed E-state index contributed by atoms with van der Waals surface area (Å²) in [6.45, 7) is 8.17. The highest BCUT2D eigenvalue weighted by Crippen LogP contribution is 2.27. The van der Waals surface area contributed by atoms with Crippen molar-refractivity contribution in [3.05, 3.63) is 89.4 Å². The maximum atomic E-state index is 14.2. The quantitative estimate of drug-likeness (QED) is 0.677. The van der Waals surface area contributed by atoms with Crippen LogP contribution in [0.4, 0.5) is 4.39 Å². The van der Waals surface area contributed by atoms with Gasteiger partial charge in [-0.05, 0) is 36.6 Å². The molecule has 0 bridgehead atoms. The van der Waals surface area contributed by atoms with E-state index in [0.29, 0.717) is 12.2 Å². The van der Waals surface area contributed by atoms with Crippen molar-refractivity contribution in [1.82, 2.24) is 4.90 Å². The van der Waals surface area contributed by atoms with Gasteiger partial charge < -0.3 is 9.64 Å². The molecular formula is C24H25FN2O2. The number of rotatable bonds is 6. The van der Waals surface area contributed by atoms with Crippen LogP contribution < -0.4 is 0 Å². The second-order valence-corrected chi connectivity index (χ2v) is 7.05. The fraction of sp³-hybridized carbons (Fsp3) is 0.250. The van der Waals surface area contributed by atoms with Gasteiger partial charge in [0.15, 0.2) is 0 Å². The average Bonchev–Trinajstić information content (AvgIpc) is 2.71. The van der Waals surface area contributed by atoms with Gasteiger partial charge in [0.25, 0.3) is 0 Å². The zero-order chi connectivity index (χ0) is 20.8. The number of morpholine rings is 1. The number of benzene rings is 2. The maximum Gasteiger partial charge on any atom is 0.249 e. The molecule has 0 N–H and O–H groups in total. The Bertz CT molecular complexity index is 965.